The Kier molecular flexibility index (Phi) is 3.44. The van der Waals surface area contributed by atoms with Crippen molar-refractivity contribution in [2.24, 2.45) is 0 Å². The van der Waals surface area contributed by atoms with Gasteiger partial charge in [0.05, 0.1) is 17.6 Å². The van der Waals surface area contributed by atoms with Crippen molar-refractivity contribution in [2.45, 2.75) is 6.92 Å². The Hall–Kier alpha value is -2.11. The van der Waals surface area contributed by atoms with Gasteiger partial charge in [0.25, 0.3) is 5.69 Å². The van der Waals surface area contributed by atoms with Gasteiger partial charge in [-0.1, -0.05) is 0 Å². The number of methoxy groups -OCH3 is 1. The van der Waals surface area contributed by atoms with Gasteiger partial charge in [-0.25, -0.2) is 4.79 Å². The van der Waals surface area contributed by atoms with E-state index in [2.05, 4.69) is 10.1 Å². The van der Waals surface area contributed by atoms with Crippen molar-refractivity contribution >= 4 is 17.3 Å². The Bertz CT molecular complexity index is 443. The summed E-state index contributed by atoms with van der Waals surface area (Å²) in [6, 6.07) is 2.76. The first-order chi connectivity index (χ1) is 7.51. The fraction of sp³-hybridized carbons (Fsp3) is 0.300. The van der Waals surface area contributed by atoms with Crippen LogP contribution in [0, 0.1) is 17.0 Å². The second kappa shape index (κ2) is 4.61. The lowest BCUT2D eigenvalue weighted by Gasteiger charge is -2.07. The number of carbonyl (C=O) groups is 1. The van der Waals surface area contributed by atoms with E-state index in [1.54, 1.807) is 14.0 Å². The quantitative estimate of drug-likeness (QED) is 0.480. The third-order valence-electron chi connectivity index (χ3n) is 2.21. The summed E-state index contributed by atoms with van der Waals surface area (Å²) in [5.74, 6) is -0.510. The van der Waals surface area contributed by atoms with E-state index < -0.39 is 10.9 Å². The first kappa shape index (κ1) is 12.0. The molecule has 0 radical (unpaired) electrons. The Balaban J connectivity index is 3.37. The molecule has 0 aliphatic rings. The summed E-state index contributed by atoms with van der Waals surface area (Å²) in [4.78, 5) is 21.6. The number of anilines is 1. The van der Waals surface area contributed by atoms with Crippen LogP contribution in [-0.4, -0.2) is 25.1 Å². The standard InChI is InChI=1S/C10H12N2O4/c1-6-4-9(12(14)15)8(11-2)5-7(6)10(13)16-3/h4-5,11H,1-3H3. The molecule has 1 rings (SSSR count). The van der Waals surface area contributed by atoms with Crippen LogP contribution in [0.2, 0.25) is 0 Å². The average Bonchev–Trinajstić information content (AvgIpc) is 2.27. The highest BCUT2D eigenvalue weighted by Crippen LogP contribution is 2.28. The smallest absolute Gasteiger partial charge is 0.338 e. The number of nitro benzene ring substituents is 1. The van der Waals surface area contributed by atoms with Crippen LogP contribution >= 0.6 is 0 Å². The van der Waals surface area contributed by atoms with Crippen LogP contribution < -0.4 is 5.32 Å². The maximum atomic E-state index is 11.4. The lowest BCUT2D eigenvalue weighted by atomic mass is 10.1. The van der Waals surface area contributed by atoms with Gasteiger partial charge in [0, 0.05) is 13.1 Å². The fourth-order valence-corrected chi connectivity index (χ4v) is 1.37. The number of esters is 1. The molecule has 0 saturated heterocycles. The van der Waals surface area contributed by atoms with E-state index in [-0.39, 0.29) is 11.4 Å². The number of aryl methyl sites for hydroxylation is 1. The van der Waals surface area contributed by atoms with Crippen LogP contribution in [0.25, 0.3) is 0 Å². The molecule has 0 aliphatic heterocycles. The average molecular weight is 224 g/mol. The zero-order valence-electron chi connectivity index (χ0n) is 9.23. The number of nitrogens with zero attached hydrogens (tertiary/aromatic N) is 1. The topological polar surface area (TPSA) is 81.5 Å². The lowest BCUT2D eigenvalue weighted by molar-refractivity contribution is -0.384. The minimum atomic E-state index is -0.510. The molecule has 0 aromatic heterocycles. The maximum absolute atomic E-state index is 11.4. The van der Waals surface area contributed by atoms with E-state index in [0.29, 0.717) is 11.1 Å². The van der Waals surface area contributed by atoms with Gasteiger partial charge >= 0.3 is 5.97 Å². The second-order valence-electron chi connectivity index (χ2n) is 3.18. The first-order valence-corrected chi connectivity index (χ1v) is 4.56. The second-order valence-corrected chi connectivity index (χ2v) is 3.18. The van der Waals surface area contributed by atoms with Gasteiger partial charge < -0.3 is 10.1 Å². The van der Waals surface area contributed by atoms with E-state index >= 15 is 0 Å². The molecule has 0 heterocycles. The molecular weight excluding hydrogens is 212 g/mol. The van der Waals surface area contributed by atoms with E-state index in [1.807, 2.05) is 0 Å². The zero-order chi connectivity index (χ0) is 12.3. The van der Waals surface area contributed by atoms with E-state index in [0.717, 1.165) is 0 Å². The van der Waals surface area contributed by atoms with Crippen molar-refractivity contribution in [3.05, 3.63) is 33.4 Å². The van der Waals surface area contributed by atoms with Crippen LogP contribution in [0.1, 0.15) is 15.9 Å². The minimum absolute atomic E-state index is 0.0624. The van der Waals surface area contributed by atoms with Crippen molar-refractivity contribution < 1.29 is 14.5 Å². The number of nitrogens with one attached hydrogen (secondary N) is 1. The van der Waals surface area contributed by atoms with Gasteiger partial charge in [0.15, 0.2) is 0 Å². The number of nitro groups is 1. The van der Waals surface area contributed by atoms with Gasteiger partial charge in [0.1, 0.15) is 5.69 Å². The summed E-state index contributed by atoms with van der Waals surface area (Å²) in [5.41, 5.74) is 1.05. The highest BCUT2D eigenvalue weighted by Gasteiger charge is 2.19. The molecule has 0 unspecified atom stereocenters. The molecule has 0 saturated carbocycles. The van der Waals surface area contributed by atoms with E-state index in [1.165, 1.54) is 19.2 Å². The number of ether oxygens (including phenoxy) is 1. The highest BCUT2D eigenvalue weighted by atomic mass is 16.6. The number of hydrogen-bond donors (Lipinski definition) is 1. The summed E-state index contributed by atoms with van der Waals surface area (Å²) in [5, 5.41) is 13.4. The fourth-order valence-electron chi connectivity index (χ4n) is 1.37. The molecular formula is C10H12N2O4. The van der Waals surface area contributed by atoms with Crippen LogP contribution in [0.5, 0.6) is 0 Å². The third-order valence-corrected chi connectivity index (χ3v) is 2.21. The molecule has 0 spiro atoms. The van der Waals surface area contributed by atoms with E-state index in [9.17, 15) is 14.9 Å². The minimum Gasteiger partial charge on any atom is -0.465 e. The van der Waals surface area contributed by atoms with Crippen molar-refractivity contribution in [3.63, 3.8) is 0 Å². The Morgan fingerprint density at radius 1 is 1.50 bits per heavy atom. The van der Waals surface area contributed by atoms with Gasteiger partial charge in [0.2, 0.25) is 0 Å². The van der Waals surface area contributed by atoms with Crippen LogP contribution in [-0.2, 0) is 4.74 Å². The largest absolute Gasteiger partial charge is 0.465 e. The van der Waals surface area contributed by atoms with Gasteiger partial charge in [-0.15, -0.1) is 0 Å². The van der Waals surface area contributed by atoms with Crippen LogP contribution in [0.15, 0.2) is 12.1 Å². The highest BCUT2D eigenvalue weighted by molar-refractivity contribution is 5.93. The van der Waals surface area contributed by atoms with Crippen LogP contribution in [0.4, 0.5) is 11.4 Å². The molecule has 0 atom stereocenters. The predicted octanol–water partition coefficient (Wildman–Crippen LogP) is 1.73. The molecule has 1 aromatic rings. The molecule has 6 heteroatoms. The number of rotatable bonds is 3. The summed E-state index contributed by atoms with van der Waals surface area (Å²) in [6.07, 6.45) is 0. The third kappa shape index (κ3) is 2.10. The lowest BCUT2D eigenvalue weighted by Crippen LogP contribution is -2.06. The maximum Gasteiger partial charge on any atom is 0.338 e. The molecule has 0 bridgehead atoms. The molecule has 16 heavy (non-hydrogen) atoms. The van der Waals surface area contributed by atoms with Gasteiger partial charge in [-0.3, -0.25) is 10.1 Å². The predicted molar refractivity (Wildman–Crippen MR) is 58.7 cm³/mol. The molecule has 86 valence electrons. The molecule has 0 fully saturated rings. The summed E-state index contributed by atoms with van der Waals surface area (Å²) < 4.78 is 4.58. The van der Waals surface area contributed by atoms with Gasteiger partial charge in [-0.05, 0) is 18.6 Å². The van der Waals surface area contributed by atoms with Crippen molar-refractivity contribution in [2.75, 3.05) is 19.5 Å². The molecule has 6 nitrogen and oxygen atoms in total. The Morgan fingerprint density at radius 2 is 2.12 bits per heavy atom. The first-order valence-electron chi connectivity index (χ1n) is 4.56. The summed E-state index contributed by atoms with van der Waals surface area (Å²) >= 11 is 0. The molecule has 1 aromatic carbocycles. The number of hydrogen-bond acceptors (Lipinski definition) is 5. The normalized spacial score (nSPS) is 9.69. The van der Waals surface area contributed by atoms with E-state index in [4.69, 9.17) is 0 Å². The Labute approximate surface area is 92.4 Å². The van der Waals surface area contributed by atoms with Gasteiger partial charge in [-0.2, -0.15) is 0 Å². The Morgan fingerprint density at radius 3 is 2.56 bits per heavy atom. The van der Waals surface area contributed by atoms with Crippen molar-refractivity contribution in [1.82, 2.24) is 0 Å². The summed E-state index contributed by atoms with van der Waals surface area (Å²) in [6.45, 7) is 1.62. The molecule has 0 amide bonds. The number of carbonyl (C=O) groups excluding carboxylic acids is 1. The SMILES string of the molecule is CNc1cc(C(=O)OC)c(C)cc1[N+](=O)[O-]. The van der Waals surface area contributed by atoms with Crippen LogP contribution in [0.3, 0.4) is 0 Å². The zero-order valence-corrected chi connectivity index (χ0v) is 9.23. The number of benzene rings is 1. The molecule has 0 aliphatic carbocycles. The van der Waals surface area contributed by atoms with Crippen molar-refractivity contribution in [3.8, 4) is 0 Å². The molecule has 1 N–H and O–H groups in total. The van der Waals surface area contributed by atoms with Crippen molar-refractivity contribution in [1.29, 1.82) is 0 Å². The monoisotopic (exact) mass is 224 g/mol. The summed E-state index contributed by atoms with van der Waals surface area (Å²) in [7, 11) is 2.82.